The first kappa shape index (κ1) is 16.3. The van der Waals surface area contributed by atoms with Crippen molar-refractivity contribution in [2.75, 3.05) is 46.6 Å². The molecule has 112 valence electrons. The van der Waals surface area contributed by atoms with Crippen molar-refractivity contribution < 1.29 is 9.53 Å². The van der Waals surface area contributed by atoms with Crippen molar-refractivity contribution in [3.8, 4) is 5.75 Å². The number of nitrogens with zero attached hydrogens (tertiary/aromatic N) is 2. The van der Waals surface area contributed by atoms with E-state index in [1.807, 2.05) is 19.0 Å². The van der Waals surface area contributed by atoms with E-state index in [1.54, 1.807) is 25.3 Å². The largest absolute Gasteiger partial charge is 0.496 e. The Morgan fingerprint density at radius 2 is 1.95 bits per heavy atom. The Morgan fingerprint density at radius 3 is 2.50 bits per heavy atom. The smallest absolute Gasteiger partial charge is 0.257 e. The van der Waals surface area contributed by atoms with Crippen LogP contribution in [-0.2, 0) is 0 Å². The minimum absolute atomic E-state index is 0.0298. The highest BCUT2D eigenvalue weighted by Crippen LogP contribution is 2.22. The topological polar surface area (TPSA) is 58.8 Å². The van der Waals surface area contributed by atoms with E-state index in [4.69, 9.17) is 10.5 Å². The number of hydrogen-bond acceptors (Lipinski definition) is 4. The fraction of sp³-hybridized carbons (Fsp3) is 0.533. The van der Waals surface area contributed by atoms with Gasteiger partial charge in [-0.2, -0.15) is 0 Å². The Balaban J connectivity index is 2.95. The lowest BCUT2D eigenvalue weighted by Gasteiger charge is -2.24. The molecule has 0 heterocycles. The number of nitrogen functional groups attached to an aromatic ring is 1. The number of likely N-dealkylation sites (N-methyl/N-ethyl adjacent to an activating group) is 1. The molecule has 1 rings (SSSR count). The average molecular weight is 279 g/mol. The van der Waals surface area contributed by atoms with Crippen LogP contribution in [0.15, 0.2) is 18.2 Å². The lowest BCUT2D eigenvalue weighted by Crippen LogP contribution is -2.37. The SMILES string of the molecule is CCCN(CCN(C)C)C(=O)c1cc(N)ccc1OC. The van der Waals surface area contributed by atoms with Crippen LogP contribution in [0.2, 0.25) is 0 Å². The summed E-state index contributed by atoms with van der Waals surface area (Å²) in [5.74, 6) is 0.535. The Kier molecular flexibility index (Phi) is 6.31. The van der Waals surface area contributed by atoms with Crippen LogP contribution in [0.5, 0.6) is 5.75 Å². The second-order valence-electron chi connectivity index (χ2n) is 5.06. The van der Waals surface area contributed by atoms with E-state index in [2.05, 4.69) is 11.8 Å². The molecule has 1 aromatic rings. The first-order valence-corrected chi connectivity index (χ1v) is 6.87. The van der Waals surface area contributed by atoms with Crippen molar-refractivity contribution in [2.45, 2.75) is 13.3 Å². The molecule has 1 aromatic carbocycles. The standard InChI is InChI=1S/C15H25N3O2/c1-5-8-18(10-9-17(2)3)15(19)13-11-12(16)6-7-14(13)20-4/h6-7,11H,5,8-10,16H2,1-4H3. The molecule has 0 aliphatic carbocycles. The van der Waals surface area contributed by atoms with Crippen LogP contribution in [0, 0.1) is 0 Å². The monoisotopic (exact) mass is 279 g/mol. The van der Waals surface area contributed by atoms with Crippen molar-refractivity contribution in [3.63, 3.8) is 0 Å². The van der Waals surface area contributed by atoms with Crippen LogP contribution >= 0.6 is 0 Å². The summed E-state index contributed by atoms with van der Waals surface area (Å²) >= 11 is 0. The molecule has 2 N–H and O–H groups in total. The van der Waals surface area contributed by atoms with Crippen LogP contribution < -0.4 is 10.5 Å². The van der Waals surface area contributed by atoms with Gasteiger partial charge in [0.15, 0.2) is 0 Å². The maximum atomic E-state index is 12.7. The molecule has 0 aliphatic heterocycles. The number of benzene rings is 1. The van der Waals surface area contributed by atoms with Crippen LogP contribution in [0.3, 0.4) is 0 Å². The number of anilines is 1. The van der Waals surface area contributed by atoms with Crippen molar-refractivity contribution >= 4 is 11.6 Å². The molecule has 0 spiro atoms. The highest BCUT2D eigenvalue weighted by Gasteiger charge is 2.19. The second-order valence-corrected chi connectivity index (χ2v) is 5.06. The highest BCUT2D eigenvalue weighted by atomic mass is 16.5. The predicted octanol–water partition coefficient (Wildman–Crippen LogP) is 1.69. The molecule has 0 atom stereocenters. The van der Waals surface area contributed by atoms with Crippen LogP contribution in [0.1, 0.15) is 23.7 Å². The minimum atomic E-state index is -0.0298. The van der Waals surface area contributed by atoms with Crippen LogP contribution in [-0.4, -0.2) is 56.5 Å². The minimum Gasteiger partial charge on any atom is -0.496 e. The maximum absolute atomic E-state index is 12.7. The Bertz CT molecular complexity index is 447. The molecule has 5 nitrogen and oxygen atoms in total. The Labute approximate surface area is 121 Å². The van der Waals surface area contributed by atoms with E-state index in [0.717, 1.165) is 19.5 Å². The van der Waals surface area contributed by atoms with Gasteiger partial charge in [-0.3, -0.25) is 4.79 Å². The number of ether oxygens (including phenoxy) is 1. The van der Waals surface area contributed by atoms with Gasteiger partial charge in [0.05, 0.1) is 12.7 Å². The summed E-state index contributed by atoms with van der Waals surface area (Å²) in [4.78, 5) is 16.6. The molecule has 0 saturated heterocycles. The van der Waals surface area contributed by atoms with Crippen molar-refractivity contribution in [1.82, 2.24) is 9.80 Å². The lowest BCUT2D eigenvalue weighted by atomic mass is 10.1. The number of carbonyl (C=O) groups excluding carboxylic acids is 1. The van der Waals surface area contributed by atoms with Gasteiger partial charge >= 0.3 is 0 Å². The summed E-state index contributed by atoms with van der Waals surface area (Å²) in [5, 5.41) is 0. The quantitative estimate of drug-likeness (QED) is 0.772. The highest BCUT2D eigenvalue weighted by molar-refractivity contribution is 5.97. The first-order valence-electron chi connectivity index (χ1n) is 6.87. The van der Waals surface area contributed by atoms with Crippen molar-refractivity contribution in [3.05, 3.63) is 23.8 Å². The van der Waals surface area contributed by atoms with E-state index in [1.165, 1.54) is 0 Å². The number of rotatable bonds is 7. The van der Waals surface area contributed by atoms with Gasteiger partial charge in [0.1, 0.15) is 5.75 Å². The summed E-state index contributed by atoms with van der Waals surface area (Å²) in [5.41, 5.74) is 6.88. The molecule has 0 bridgehead atoms. The zero-order valence-electron chi connectivity index (χ0n) is 12.8. The Hall–Kier alpha value is -1.75. The zero-order chi connectivity index (χ0) is 15.1. The van der Waals surface area contributed by atoms with Gasteiger partial charge in [-0.05, 0) is 38.7 Å². The summed E-state index contributed by atoms with van der Waals surface area (Å²) in [7, 11) is 5.55. The van der Waals surface area contributed by atoms with Gasteiger partial charge in [-0.1, -0.05) is 6.92 Å². The third-order valence-corrected chi connectivity index (χ3v) is 3.05. The molecule has 0 fully saturated rings. The van der Waals surface area contributed by atoms with Gasteiger partial charge in [0, 0.05) is 25.3 Å². The van der Waals surface area contributed by atoms with E-state index in [9.17, 15) is 4.79 Å². The van der Waals surface area contributed by atoms with E-state index < -0.39 is 0 Å². The molecule has 0 saturated carbocycles. The summed E-state index contributed by atoms with van der Waals surface area (Å²) in [6, 6.07) is 5.15. The average Bonchev–Trinajstić information content (AvgIpc) is 2.42. The fourth-order valence-electron chi connectivity index (χ4n) is 1.97. The summed E-state index contributed by atoms with van der Waals surface area (Å²) in [6.45, 7) is 4.31. The fourth-order valence-corrected chi connectivity index (χ4v) is 1.97. The summed E-state index contributed by atoms with van der Waals surface area (Å²) in [6.07, 6.45) is 0.920. The number of methoxy groups -OCH3 is 1. The molecule has 0 radical (unpaired) electrons. The second kappa shape index (κ2) is 7.75. The van der Waals surface area contributed by atoms with Gasteiger partial charge in [0.2, 0.25) is 0 Å². The Morgan fingerprint density at radius 1 is 1.25 bits per heavy atom. The molecule has 0 unspecified atom stereocenters. The zero-order valence-corrected chi connectivity index (χ0v) is 12.8. The van der Waals surface area contributed by atoms with Gasteiger partial charge in [0.25, 0.3) is 5.91 Å². The number of carbonyl (C=O) groups is 1. The molecule has 0 aromatic heterocycles. The predicted molar refractivity (Wildman–Crippen MR) is 82.2 cm³/mol. The van der Waals surface area contributed by atoms with Gasteiger partial charge in [-0.15, -0.1) is 0 Å². The maximum Gasteiger partial charge on any atom is 0.257 e. The first-order chi connectivity index (χ1) is 9.49. The van der Waals surface area contributed by atoms with E-state index in [-0.39, 0.29) is 5.91 Å². The van der Waals surface area contributed by atoms with Crippen molar-refractivity contribution in [2.24, 2.45) is 0 Å². The van der Waals surface area contributed by atoms with E-state index >= 15 is 0 Å². The van der Waals surface area contributed by atoms with Crippen molar-refractivity contribution in [1.29, 1.82) is 0 Å². The van der Waals surface area contributed by atoms with Crippen LogP contribution in [0.4, 0.5) is 5.69 Å². The normalized spacial score (nSPS) is 10.7. The summed E-state index contributed by atoms with van der Waals surface area (Å²) < 4.78 is 5.26. The van der Waals surface area contributed by atoms with E-state index in [0.29, 0.717) is 23.5 Å². The van der Waals surface area contributed by atoms with Gasteiger partial charge in [-0.25, -0.2) is 0 Å². The number of amides is 1. The third kappa shape index (κ3) is 4.42. The molecule has 1 amide bonds. The van der Waals surface area contributed by atoms with Gasteiger partial charge < -0.3 is 20.3 Å². The molecular formula is C15H25N3O2. The molecule has 20 heavy (non-hydrogen) atoms. The number of hydrogen-bond donors (Lipinski definition) is 1. The third-order valence-electron chi connectivity index (χ3n) is 3.05. The number of nitrogens with two attached hydrogens (primary N) is 1. The lowest BCUT2D eigenvalue weighted by molar-refractivity contribution is 0.0741. The van der Waals surface area contributed by atoms with Crippen LogP contribution in [0.25, 0.3) is 0 Å². The molecule has 5 heteroatoms. The molecular weight excluding hydrogens is 254 g/mol. The molecule has 0 aliphatic rings.